The number of morpholine rings is 1. The molecule has 1 N–H and O–H groups in total. The molecule has 1 aromatic heterocycles. The number of ether oxygens (including phenoxy) is 1. The van der Waals surface area contributed by atoms with Crippen LogP contribution in [0.25, 0.3) is 0 Å². The van der Waals surface area contributed by atoms with Crippen LogP contribution < -0.4 is 10.2 Å². The Kier molecular flexibility index (Phi) is 4.85. The minimum Gasteiger partial charge on any atom is -0.365 e. The molecule has 7 heteroatoms. The zero-order chi connectivity index (χ0) is 17.2. The molecule has 1 aromatic rings. The van der Waals surface area contributed by atoms with Crippen molar-refractivity contribution in [2.75, 3.05) is 37.7 Å². The fraction of sp³-hybridized carbons (Fsp3) is 0.722. The summed E-state index contributed by atoms with van der Waals surface area (Å²) in [7, 11) is 0. The SMILES string of the molecule is Cc1cc(N(C2CC2)C2CCN(CC3CNC(=O)CO3)CC2)ncn1. The van der Waals surface area contributed by atoms with Gasteiger partial charge in [-0.3, -0.25) is 4.79 Å². The molecule has 4 rings (SSSR count). The van der Waals surface area contributed by atoms with Crippen molar-refractivity contribution < 1.29 is 9.53 Å². The second kappa shape index (κ2) is 7.25. The fourth-order valence-corrected chi connectivity index (χ4v) is 3.92. The summed E-state index contributed by atoms with van der Waals surface area (Å²) >= 11 is 0. The third kappa shape index (κ3) is 4.10. The van der Waals surface area contributed by atoms with Crippen LogP contribution in [0.2, 0.25) is 0 Å². The number of rotatable bonds is 5. The molecule has 7 nitrogen and oxygen atoms in total. The summed E-state index contributed by atoms with van der Waals surface area (Å²) in [6.07, 6.45) is 6.66. The Bertz CT molecular complexity index is 603. The molecule has 2 aliphatic heterocycles. The molecule has 1 amide bonds. The van der Waals surface area contributed by atoms with Gasteiger partial charge in [-0.15, -0.1) is 0 Å². The van der Waals surface area contributed by atoms with Crippen LogP contribution in [-0.2, 0) is 9.53 Å². The number of amides is 1. The number of aryl methyl sites for hydroxylation is 1. The van der Waals surface area contributed by atoms with Gasteiger partial charge in [-0.1, -0.05) is 0 Å². The quantitative estimate of drug-likeness (QED) is 0.849. The molecule has 1 atom stereocenters. The van der Waals surface area contributed by atoms with Crippen LogP contribution in [0.3, 0.4) is 0 Å². The second-order valence-electron chi connectivity index (χ2n) is 7.42. The number of aromatic nitrogens is 2. The number of anilines is 1. The smallest absolute Gasteiger partial charge is 0.246 e. The number of carbonyl (C=O) groups excluding carboxylic acids is 1. The zero-order valence-electron chi connectivity index (χ0n) is 14.9. The molecule has 1 saturated carbocycles. The Morgan fingerprint density at radius 3 is 2.64 bits per heavy atom. The first-order chi connectivity index (χ1) is 12.2. The summed E-state index contributed by atoms with van der Waals surface area (Å²) in [5, 5.41) is 2.89. The summed E-state index contributed by atoms with van der Waals surface area (Å²) in [5.41, 5.74) is 1.03. The fourth-order valence-electron chi connectivity index (χ4n) is 3.92. The minimum absolute atomic E-state index is 0.00447. The Labute approximate surface area is 148 Å². The molecule has 0 bridgehead atoms. The predicted molar refractivity (Wildman–Crippen MR) is 94.5 cm³/mol. The Balaban J connectivity index is 1.33. The number of nitrogens with zero attached hydrogens (tertiary/aromatic N) is 4. The van der Waals surface area contributed by atoms with Gasteiger partial charge >= 0.3 is 0 Å². The summed E-state index contributed by atoms with van der Waals surface area (Å²) in [6.45, 7) is 5.92. The zero-order valence-corrected chi connectivity index (χ0v) is 14.9. The maximum absolute atomic E-state index is 11.2. The van der Waals surface area contributed by atoms with E-state index in [9.17, 15) is 4.79 Å². The van der Waals surface area contributed by atoms with Gasteiger partial charge in [0.2, 0.25) is 5.91 Å². The van der Waals surface area contributed by atoms with Gasteiger partial charge in [0.05, 0.1) is 6.10 Å². The number of hydrogen-bond donors (Lipinski definition) is 1. The van der Waals surface area contributed by atoms with Crippen LogP contribution in [0.4, 0.5) is 5.82 Å². The highest BCUT2D eigenvalue weighted by molar-refractivity contribution is 5.77. The van der Waals surface area contributed by atoms with E-state index in [1.54, 1.807) is 6.33 Å². The van der Waals surface area contributed by atoms with Gasteiger partial charge in [-0.2, -0.15) is 0 Å². The number of carbonyl (C=O) groups is 1. The lowest BCUT2D eigenvalue weighted by atomic mass is 10.0. The Hall–Kier alpha value is -1.73. The van der Waals surface area contributed by atoms with Gasteiger partial charge in [-0.25, -0.2) is 9.97 Å². The molecule has 3 heterocycles. The van der Waals surface area contributed by atoms with E-state index in [4.69, 9.17) is 4.74 Å². The first kappa shape index (κ1) is 16.7. The van der Waals surface area contributed by atoms with Gasteiger partial charge in [0.15, 0.2) is 0 Å². The largest absolute Gasteiger partial charge is 0.365 e. The van der Waals surface area contributed by atoms with E-state index in [1.165, 1.54) is 12.8 Å². The van der Waals surface area contributed by atoms with Crippen molar-refractivity contribution >= 4 is 11.7 Å². The van der Waals surface area contributed by atoms with Gasteiger partial charge in [0, 0.05) is 50.0 Å². The topological polar surface area (TPSA) is 70.6 Å². The monoisotopic (exact) mass is 345 g/mol. The van der Waals surface area contributed by atoms with Gasteiger partial charge in [-0.05, 0) is 32.6 Å². The number of likely N-dealkylation sites (tertiary alicyclic amines) is 1. The molecule has 136 valence electrons. The first-order valence-electron chi connectivity index (χ1n) is 9.36. The molecule has 25 heavy (non-hydrogen) atoms. The summed E-state index contributed by atoms with van der Waals surface area (Å²) < 4.78 is 5.62. The van der Waals surface area contributed by atoms with E-state index in [2.05, 4.69) is 31.2 Å². The average Bonchev–Trinajstić information content (AvgIpc) is 3.44. The van der Waals surface area contributed by atoms with Gasteiger partial charge in [0.1, 0.15) is 18.8 Å². The Morgan fingerprint density at radius 1 is 1.24 bits per heavy atom. The maximum atomic E-state index is 11.2. The van der Waals surface area contributed by atoms with Crippen molar-refractivity contribution in [2.45, 2.75) is 50.8 Å². The predicted octanol–water partition coefficient (Wildman–Crippen LogP) is 0.733. The first-order valence-corrected chi connectivity index (χ1v) is 9.36. The normalized spacial score (nSPS) is 25.6. The van der Waals surface area contributed by atoms with Crippen LogP contribution >= 0.6 is 0 Å². The molecule has 1 aliphatic carbocycles. The number of nitrogens with one attached hydrogen (secondary N) is 1. The highest BCUT2D eigenvalue weighted by Crippen LogP contribution is 2.35. The molecular formula is C18H27N5O2. The molecule has 3 fully saturated rings. The molecule has 3 aliphatic rings. The van der Waals surface area contributed by atoms with Crippen molar-refractivity contribution in [2.24, 2.45) is 0 Å². The molecular weight excluding hydrogens is 318 g/mol. The van der Waals surface area contributed by atoms with Crippen LogP contribution in [-0.4, -0.2) is 71.7 Å². The third-order valence-corrected chi connectivity index (χ3v) is 5.38. The molecule has 2 saturated heterocycles. The standard InChI is InChI=1S/C18H27N5O2/c1-13-8-17(21-12-20-13)23(14-2-3-14)15-4-6-22(7-5-15)10-16-9-19-18(24)11-25-16/h8,12,14-16H,2-7,9-11H2,1H3,(H,19,24). The molecule has 1 unspecified atom stereocenters. The van der Waals surface area contributed by atoms with Crippen molar-refractivity contribution in [3.63, 3.8) is 0 Å². The second-order valence-corrected chi connectivity index (χ2v) is 7.42. The van der Waals surface area contributed by atoms with Crippen LogP contribution in [0, 0.1) is 6.92 Å². The van der Waals surface area contributed by atoms with Crippen molar-refractivity contribution in [3.8, 4) is 0 Å². The maximum Gasteiger partial charge on any atom is 0.246 e. The number of hydrogen-bond acceptors (Lipinski definition) is 6. The lowest BCUT2D eigenvalue weighted by Crippen LogP contribution is -2.51. The minimum atomic E-state index is -0.00447. The number of piperidine rings is 1. The van der Waals surface area contributed by atoms with Crippen LogP contribution in [0.1, 0.15) is 31.4 Å². The van der Waals surface area contributed by atoms with Crippen LogP contribution in [0.15, 0.2) is 12.4 Å². The van der Waals surface area contributed by atoms with E-state index in [0.717, 1.165) is 44.0 Å². The van der Waals surface area contributed by atoms with E-state index in [1.807, 2.05) is 6.92 Å². The highest BCUT2D eigenvalue weighted by Gasteiger charge is 2.36. The van der Waals surface area contributed by atoms with E-state index < -0.39 is 0 Å². The lowest BCUT2D eigenvalue weighted by molar-refractivity contribution is -0.133. The van der Waals surface area contributed by atoms with E-state index in [0.29, 0.717) is 18.6 Å². The van der Waals surface area contributed by atoms with Crippen molar-refractivity contribution in [1.82, 2.24) is 20.2 Å². The van der Waals surface area contributed by atoms with Crippen molar-refractivity contribution in [3.05, 3.63) is 18.1 Å². The summed E-state index contributed by atoms with van der Waals surface area (Å²) in [5.74, 6) is 1.09. The van der Waals surface area contributed by atoms with E-state index >= 15 is 0 Å². The summed E-state index contributed by atoms with van der Waals surface area (Å²) in [6, 6.07) is 3.33. The van der Waals surface area contributed by atoms with E-state index in [-0.39, 0.29) is 18.6 Å². The van der Waals surface area contributed by atoms with Crippen molar-refractivity contribution in [1.29, 1.82) is 0 Å². The third-order valence-electron chi connectivity index (χ3n) is 5.38. The highest BCUT2D eigenvalue weighted by atomic mass is 16.5. The van der Waals surface area contributed by atoms with Gasteiger partial charge < -0.3 is 19.9 Å². The van der Waals surface area contributed by atoms with Crippen LogP contribution in [0.5, 0.6) is 0 Å². The lowest BCUT2D eigenvalue weighted by Gasteiger charge is -2.40. The Morgan fingerprint density at radius 2 is 2.00 bits per heavy atom. The molecule has 0 spiro atoms. The summed E-state index contributed by atoms with van der Waals surface area (Å²) in [4.78, 5) is 25.0. The van der Waals surface area contributed by atoms with Gasteiger partial charge in [0.25, 0.3) is 0 Å². The molecule has 0 radical (unpaired) electrons. The average molecular weight is 345 g/mol. The molecule has 0 aromatic carbocycles.